The Morgan fingerprint density at radius 3 is 3.21 bits per heavy atom. The van der Waals surface area contributed by atoms with Crippen molar-refractivity contribution < 1.29 is 4.74 Å². The van der Waals surface area contributed by atoms with Crippen LogP contribution in [0.4, 0.5) is 0 Å². The first kappa shape index (κ1) is 9.64. The lowest BCUT2D eigenvalue weighted by Gasteiger charge is -2.29. The summed E-state index contributed by atoms with van der Waals surface area (Å²) in [5.41, 5.74) is 2.14. The van der Waals surface area contributed by atoms with Crippen LogP contribution in [-0.4, -0.2) is 27.9 Å². The van der Waals surface area contributed by atoms with Gasteiger partial charge in [-0.05, 0) is 13.0 Å². The molecular formula is C9H16N4O. The zero-order valence-corrected chi connectivity index (χ0v) is 8.60. The normalized spacial score (nSPS) is 22.4. The zero-order chi connectivity index (χ0) is 10.1. The van der Waals surface area contributed by atoms with Crippen molar-refractivity contribution in [2.24, 2.45) is 5.84 Å². The number of hydrogen-bond acceptors (Lipinski definition) is 4. The van der Waals surface area contributed by atoms with E-state index in [0.29, 0.717) is 12.6 Å². The maximum Gasteiger partial charge on any atom is 0.0902 e. The monoisotopic (exact) mass is 196 g/mol. The van der Waals surface area contributed by atoms with E-state index in [1.54, 1.807) is 7.11 Å². The second-order valence-corrected chi connectivity index (χ2v) is 3.76. The molecule has 0 amide bonds. The molecule has 1 aliphatic heterocycles. The van der Waals surface area contributed by atoms with Crippen LogP contribution < -0.4 is 5.84 Å². The van der Waals surface area contributed by atoms with Crippen molar-refractivity contribution in [3.63, 3.8) is 0 Å². The number of ether oxygens (including phenoxy) is 1. The predicted molar refractivity (Wildman–Crippen MR) is 52.1 cm³/mol. The van der Waals surface area contributed by atoms with Gasteiger partial charge in [-0.3, -0.25) is 10.5 Å². The zero-order valence-electron chi connectivity index (χ0n) is 8.60. The molecule has 1 aromatic heterocycles. The van der Waals surface area contributed by atoms with E-state index in [-0.39, 0.29) is 0 Å². The lowest BCUT2D eigenvalue weighted by Crippen LogP contribution is -2.45. The quantitative estimate of drug-likeness (QED) is 0.682. The van der Waals surface area contributed by atoms with Crippen molar-refractivity contribution in [2.75, 3.05) is 7.11 Å². The molecule has 1 aliphatic rings. The average molecular weight is 196 g/mol. The van der Waals surface area contributed by atoms with Gasteiger partial charge in [-0.25, -0.2) is 5.01 Å². The molecule has 0 spiro atoms. The van der Waals surface area contributed by atoms with Crippen molar-refractivity contribution >= 4 is 0 Å². The Hall–Kier alpha value is -0.910. The van der Waals surface area contributed by atoms with Gasteiger partial charge in [-0.2, -0.15) is 5.10 Å². The van der Waals surface area contributed by atoms with Gasteiger partial charge in [-0.15, -0.1) is 0 Å². The Balaban J connectivity index is 2.20. The minimum absolute atomic E-state index is 0.345. The van der Waals surface area contributed by atoms with Crippen LogP contribution in [0, 0.1) is 0 Å². The third-order valence-corrected chi connectivity index (χ3v) is 2.55. The lowest BCUT2D eigenvalue weighted by molar-refractivity contribution is 0.146. The van der Waals surface area contributed by atoms with E-state index >= 15 is 0 Å². The highest BCUT2D eigenvalue weighted by molar-refractivity contribution is 5.11. The molecule has 14 heavy (non-hydrogen) atoms. The molecule has 0 radical (unpaired) electrons. The molecule has 1 atom stereocenters. The highest BCUT2D eigenvalue weighted by Gasteiger charge is 2.21. The van der Waals surface area contributed by atoms with Gasteiger partial charge in [0.05, 0.1) is 31.1 Å². The van der Waals surface area contributed by atoms with E-state index in [4.69, 9.17) is 10.6 Å². The van der Waals surface area contributed by atoms with Gasteiger partial charge in [0.25, 0.3) is 0 Å². The number of nitrogens with zero attached hydrogens (tertiary/aromatic N) is 3. The summed E-state index contributed by atoms with van der Waals surface area (Å²) in [4.78, 5) is 0. The fourth-order valence-corrected chi connectivity index (χ4v) is 1.72. The van der Waals surface area contributed by atoms with Crippen molar-refractivity contribution in [2.45, 2.75) is 32.7 Å². The van der Waals surface area contributed by atoms with Crippen molar-refractivity contribution in [3.8, 4) is 0 Å². The molecule has 0 bridgehead atoms. The number of methoxy groups -OCH3 is 1. The van der Waals surface area contributed by atoms with E-state index in [9.17, 15) is 0 Å². The molecule has 5 heteroatoms. The third kappa shape index (κ3) is 1.66. The molecule has 0 saturated carbocycles. The fourth-order valence-electron chi connectivity index (χ4n) is 1.72. The maximum absolute atomic E-state index is 5.84. The summed E-state index contributed by atoms with van der Waals surface area (Å²) in [5.74, 6) is 5.84. The van der Waals surface area contributed by atoms with Crippen LogP contribution in [-0.2, 0) is 24.4 Å². The Morgan fingerprint density at radius 2 is 2.50 bits per heavy atom. The Bertz CT molecular complexity index is 295. The molecule has 0 fully saturated rings. The van der Waals surface area contributed by atoms with Gasteiger partial charge >= 0.3 is 0 Å². The lowest BCUT2D eigenvalue weighted by atomic mass is 10.2. The predicted octanol–water partition coefficient (Wildman–Crippen LogP) is 0.107. The number of rotatable bonds is 2. The molecular weight excluding hydrogens is 180 g/mol. The van der Waals surface area contributed by atoms with Gasteiger partial charge in [0.2, 0.25) is 0 Å². The topological polar surface area (TPSA) is 56.3 Å². The molecule has 1 aromatic rings. The number of hydrogen-bond donors (Lipinski definition) is 1. The largest absolute Gasteiger partial charge is 0.378 e. The minimum Gasteiger partial charge on any atom is -0.378 e. The summed E-state index contributed by atoms with van der Waals surface area (Å²) in [6, 6.07) is 2.40. The van der Waals surface area contributed by atoms with E-state index in [0.717, 1.165) is 24.5 Å². The number of nitrogens with two attached hydrogens (primary N) is 1. The van der Waals surface area contributed by atoms with E-state index in [1.807, 2.05) is 9.69 Å². The highest BCUT2D eigenvalue weighted by Crippen LogP contribution is 2.15. The highest BCUT2D eigenvalue weighted by atomic mass is 16.5. The van der Waals surface area contributed by atoms with Crippen molar-refractivity contribution in [1.29, 1.82) is 0 Å². The van der Waals surface area contributed by atoms with Crippen LogP contribution in [0.1, 0.15) is 18.3 Å². The Labute approximate surface area is 83.4 Å². The van der Waals surface area contributed by atoms with Crippen LogP contribution in [0.2, 0.25) is 0 Å². The first-order valence-corrected chi connectivity index (χ1v) is 4.76. The molecule has 0 unspecified atom stereocenters. The first-order valence-electron chi connectivity index (χ1n) is 4.76. The fraction of sp³-hybridized carbons (Fsp3) is 0.667. The summed E-state index contributed by atoms with van der Waals surface area (Å²) in [5, 5.41) is 6.28. The second-order valence-electron chi connectivity index (χ2n) is 3.76. The van der Waals surface area contributed by atoms with Gasteiger partial charge in [-0.1, -0.05) is 0 Å². The smallest absolute Gasteiger partial charge is 0.0902 e. The summed E-state index contributed by atoms with van der Waals surface area (Å²) in [7, 11) is 1.68. The molecule has 5 nitrogen and oxygen atoms in total. The summed E-state index contributed by atoms with van der Waals surface area (Å²) in [6.07, 6.45) is 0. The van der Waals surface area contributed by atoms with Crippen LogP contribution in [0.25, 0.3) is 0 Å². The van der Waals surface area contributed by atoms with Gasteiger partial charge in [0.1, 0.15) is 0 Å². The molecule has 0 aromatic carbocycles. The number of hydrazine groups is 1. The molecule has 2 rings (SSSR count). The number of aromatic nitrogens is 2. The molecule has 2 N–H and O–H groups in total. The summed E-state index contributed by atoms with van der Waals surface area (Å²) >= 11 is 0. The molecule has 78 valence electrons. The molecule has 0 saturated heterocycles. The average Bonchev–Trinajstić information content (AvgIpc) is 2.48. The van der Waals surface area contributed by atoms with Gasteiger partial charge in [0.15, 0.2) is 0 Å². The first-order chi connectivity index (χ1) is 6.70. The van der Waals surface area contributed by atoms with E-state index < -0.39 is 0 Å². The second kappa shape index (κ2) is 3.68. The number of fused-ring (bicyclic) bond motifs is 1. The Morgan fingerprint density at radius 1 is 1.71 bits per heavy atom. The van der Waals surface area contributed by atoms with Crippen LogP contribution in [0.15, 0.2) is 6.07 Å². The van der Waals surface area contributed by atoms with Crippen LogP contribution in [0.3, 0.4) is 0 Å². The van der Waals surface area contributed by atoms with Gasteiger partial charge in [0, 0.05) is 13.2 Å². The van der Waals surface area contributed by atoms with Crippen LogP contribution >= 0.6 is 0 Å². The van der Waals surface area contributed by atoms with E-state index in [1.165, 1.54) is 0 Å². The van der Waals surface area contributed by atoms with Crippen LogP contribution in [0.5, 0.6) is 0 Å². The standard InChI is InChI=1S/C9H16N4O/c1-7-4-13-9(5-12(7)10)3-8(11-13)6-14-2/h3,7H,4-6,10H2,1-2H3/t7-/m1/s1. The minimum atomic E-state index is 0.345. The SMILES string of the molecule is COCc1cc2n(n1)C[C@@H](C)N(N)C2. The summed E-state index contributed by atoms with van der Waals surface area (Å²) < 4.78 is 7.05. The third-order valence-electron chi connectivity index (χ3n) is 2.55. The van der Waals surface area contributed by atoms with E-state index in [2.05, 4.69) is 18.1 Å². The maximum atomic E-state index is 5.84. The van der Waals surface area contributed by atoms with Crippen molar-refractivity contribution in [3.05, 3.63) is 17.5 Å². The Kier molecular flexibility index (Phi) is 2.54. The summed E-state index contributed by atoms with van der Waals surface area (Å²) in [6.45, 7) is 4.28. The molecule has 2 heterocycles. The van der Waals surface area contributed by atoms with Gasteiger partial charge < -0.3 is 4.74 Å². The molecule has 0 aliphatic carbocycles. The van der Waals surface area contributed by atoms with Crippen molar-refractivity contribution in [1.82, 2.24) is 14.8 Å².